The zero-order valence-electron chi connectivity index (χ0n) is 17.0. The molecule has 0 fully saturated rings. The van der Waals surface area contributed by atoms with Gasteiger partial charge in [-0.05, 0) is 43.7 Å². The number of rotatable bonds is 7. The Balaban J connectivity index is 1.63. The summed E-state index contributed by atoms with van der Waals surface area (Å²) < 4.78 is 1.51. The van der Waals surface area contributed by atoms with E-state index in [4.69, 9.17) is 0 Å². The number of carbonyl (C=O) groups excluding carboxylic acids is 2. The molecular weight excluding hydrogens is 400 g/mol. The molecule has 3 N–H and O–H groups in total. The molecule has 0 bridgehead atoms. The van der Waals surface area contributed by atoms with Crippen molar-refractivity contribution in [1.29, 1.82) is 0 Å². The number of imidazole rings is 1. The van der Waals surface area contributed by atoms with Crippen molar-refractivity contribution in [2.45, 2.75) is 26.4 Å². The van der Waals surface area contributed by atoms with Crippen LogP contribution in [-0.2, 0) is 6.54 Å². The molecule has 3 amide bonds. The number of aromatic nitrogens is 2. The van der Waals surface area contributed by atoms with E-state index in [1.54, 1.807) is 30.5 Å². The molecule has 2 aromatic carbocycles. The normalized spacial score (nSPS) is 10.5. The number of anilines is 1. The number of nitro benzene ring substituents is 1. The molecule has 0 aliphatic heterocycles. The summed E-state index contributed by atoms with van der Waals surface area (Å²) in [5, 5.41) is 19.6. The lowest BCUT2D eigenvalue weighted by Crippen LogP contribution is -2.34. The van der Waals surface area contributed by atoms with Gasteiger partial charge in [0.1, 0.15) is 5.69 Å². The highest BCUT2D eigenvalue weighted by molar-refractivity contribution is 5.95. The fourth-order valence-electron chi connectivity index (χ4n) is 2.85. The molecule has 0 saturated carbocycles. The van der Waals surface area contributed by atoms with Crippen LogP contribution in [0.5, 0.6) is 0 Å². The Morgan fingerprint density at radius 3 is 2.52 bits per heavy atom. The van der Waals surface area contributed by atoms with E-state index in [0.29, 0.717) is 11.4 Å². The van der Waals surface area contributed by atoms with Crippen molar-refractivity contribution < 1.29 is 14.5 Å². The fraction of sp³-hybridized carbons (Fsp3) is 0.190. The highest BCUT2D eigenvalue weighted by atomic mass is 16.6. The van der Waals surface area contributed by atoms with Crippen molar-refractivity contribution in [1.82, 2.24) is 20.2 Å². The van der Waals surface area contributed by atoms with Gasteiger partial charge >= 0.3 is 6.03 Å². The molecule has 3 rings (SSSR count). The molecule has 0 spiro atoms. The number of nitrogens with one attached hydrogen (secondary N) is 3. The van der Waals surface area contributed by atoms with Crippen LogP contribution in [0.25, 0.3) is 5.69 Å². The quantitative estimate of drug-likeness (QED) is 0.397. The van der Waals surface area contributed by atoms with E-state index in [1.807, 2.05) is 13.8 Å². The van der Waals surface area contributed by atoms with Crippen LogP contribution in [0.2, 0.25) is 0 Å². The Labute approximate surface area is 178 Å². The third kappa shape index (κ3) is 5.66. The van der Waals surface area contributed by atoms with E-state index in [-0.39, 0.29) is 29.9 Å². The third-order valence-corrected chi connectivity index (χ3v) is 4.30. The number of carbonyl (C=O) groups is 2. The molecule has 0 aliphatic carbocycles. The first-order chi connectivity index (χ1) is 14.8. The second-order valence-electron chi connectivity index (χ2n) is 7.06. The first-order valence-electron chi connectivity index (χ1n) is 9.55. The lowest BCUT2D eigenvalue weighted by molar-refractivity contribution is -0.384. The summed E-state index contributed by atoms with van der Waals surface area (Å²) in [6.45, 7) is 3.96. The zero-order valence-corrected chi connectivity index (χ0v) is 17.0. The summed E-state index contributed by atoms with van der Waals surface area (Å²) in [6.07, 6.45) is 4.56. The lowest BCUT2D eigenvalue weighted by atomic mass is 10.1. The van der Waals surface area contributed by atoms with Gasteiger partial charge in [-0.15, -0.1) is 0 Å². The second kappa shape index (κ2) is 9.53. The highest BCUT2D eigenvalue weighted by Gasteiger charge is 2.18. The van der Waals surface area contributed by atoms with Crippen molar-refractivity contribution >= 4 is 23.3 Å². The molecule has 1 aromatic heterocycles. The van der Waals surface area contributed by atoms with Gasteiger partial charge in [0.2, 0.25) is 0 Å². The van der Waals surface area contributed by atoms with E-state index < -0.39 is 10.8 Å². The lowest BCUT2D eigenvalue weighted by Gasteiger charge is -2.11. The van der Waals surface area contributed by atoms with E-state index >= 15 is 0 Å². The van der Waals surface area contributed by atoms with E-state index in [9.17, 15) is 19.7 Å². The first kappa shape index (κ1) is 21.5. The molecule has 0 unspecified atom stereocenters. The first-order valence-corrected chi connectivity index (χ1v) is 9.55. The van der Waals surface area contributed by atoms with Crippen LogP contribution in [0.1, 0.15) is 29.8 Å². The van der Waals surface area contributed by atoms with Gasteiger partial charge < -0.3 is 20.5 Å². The average molecular weight is 422 g/mol. The van der Waals surface area contributed by atoms with E-state index in [2.05, 4.69) is 20.9 Å². The van der Waals surface area contributed by atoms with Crippen LogP contribution in [0.4, 0.5) is 16.2 Å². The molecule has 31 heavy (non-hydrogen) atoms. The molecule has 1 heterocycles. The predicted octanol–water partition coefficient (Wildman–Crippen LogP) is 3.24. The van der Waals surface area contributed by atoms with Crippen LogP contribution in [0, 0.1) is 10.1 Å². The van der Waals surface area contributed by atoms with Gasteiger partial charge in [0.15, 0.2) is 0 Å². The average Bonchev–Trinajstić information content (AvgIpc) is 3.26. The van der Waals surface area contributed by atoms with Gasteiger partial charge in [-0.3, -0.25) is 14.9 Å². The van der Waals surface area contributed by atoms with Crippen LogP contribution < -0.4 is 16.0 Å². The zero-order chi connectivity index (χ0) is 22.4. The molecule has 160 valence electrons. The molecule has 3 aromatic rings. The van der Waals surface area contributed by atoms with Crippen molar-refractivity contribution in [2.24, 2.45) is 0 Å². The molecule has 0 aliphatic rings. The van der Waals surface area contributed by atoms with Gasteiger partial charge in [-0.2, -0.15) is 0 Å². The third-order valence-electron chi connectivity index (χ3n) is 4.30. The highest BCUT2D eigenvalue weighted by Crippen LogP contribution is 2.24. The summed E-state index contributed by atoms with van der Waals surface area (Å²) in [4.78, 5) is 39.0. The van der Waals surface area contributed by atoms with Gasteiger partial charge in [0, 0.05) is 42.3 Å². The predicted molar refractivity (Wildman–Crippen MR) is 115 cm³/mol. The summed E-state index contributed by atoms with van der Waals surface area (Å²) in [5.74, 6) is -0.432. The van der Waals surface area contributed by atoms with Crippen LogP contribution in [-0.4, -0.2) is 32.5 Å². The number of nitro groups is 1. The minimum absolute atomic E-state index is 0.0272. The Hall–Kier alpha value is -4.21. The second-order valence-corrected chi connectivity index (χ2v) is 7.06. The monoisotopic (exact) mass is 422 g/mol. The molecule has 0 atom stereocenters. The number of hydrogen-bond donors (Lipinski definition) is 3. The summed E-state index contributed by atoms with van der Waals surface area (Å²) in [6, 6.07) is 11.0. The number of benzene rings is 2. The molecule has 10 heteroatoms. The fourth-order valence-corrected chi connectivity index (χ4v) is 2.85. The number of nitrogens with zero attached hydrogens (tertiary/aromatic N) is 3. The summed E-state index contributed by atoms with van der Waals surface area (Å²) in [5.41, 5.74) is 1.75. The Kier molecular flexibility index (Phi) is 6.61. The van der Waals surface area contributed by atoms with Crippen LogP contribution in [0.3, 0.4) is 0 Å². The SMILES string of the molecule is CC(C)NC(=O)Nc1ccc(CNC(=O)c2ccc(-n3ccnc3)c([N+](=O)[O-])c2)cc1. The largest absolute Gasteiger partial charge is 0.348 e. The number of hydrogen-bond acceptors (Lipinski definition) is 5. The number of urea groups is 1. The topological polar surface area (TPSA) is 131 Å². The van der Waals surface area contributed by atoms with Crippen molar-refractivity contribution in [2.75, 3.05) is 5.32 Å². The maximum atomic E-state index is 12.5. The Bertz CT molecular complexity index is 1080. The molecule has 0 saturated heterocycles. The van der Waals surface area contributed by atoms with E-state index in [0.717, 1.165) is 5.56 Å². The van der Waals surface area contributed by atoms with Crippen molar-refractivity contribution in [3.63, 3.8) is 0 Å². The van der Waals surface area contributed by atoms with Crippen molar-refractivity contribution in [3.05, 3.63) is 82.4 Å². The Morgan fingerprint density at radius 1 is 1.16 bits per heavy atom. The molecule has 10 nitrogen and oxygen atoms in total. The Morgan fingerprint density at radius 2 is 1.90 bits per heavy atom. The summed E-state index contributed by atoms with van der Waals surface area (Å²) >= 11 is 0. The van der Waals surface area contributed by atoms with Gasteiger partial charge in [-0.1, -0.05) is 12.1 Å². The maximum absolute atomic E-state index is 12.5. The minimum atomic E-state index is -0.534. The van der Waals surface area contributed by atoms with Gasteiger partial charge in [0.05, 0.1) is 11.3 Å². The maximum Gasteiger partial charge on any atom is 0.319 e. The number of amides is 3. The summed E-state index contributed by atoms with van der Waals surface area (Å²) in [7, 11) is 0. The van der Waals surface area contributed by atoms with Crippen LogP contribution >= 0.6 is 0 Å². The smallest absolute Gasteiger partial charge is 0.319 e. The van der Waals surface area contributed by atoms with Gasteiger partial charge in [0.25, 0.3) is 11.6 Å². The minimum Gasteiger partial charge on any atom is -0.348 e. The molecule has 0 radical (unpaired) electrons. The van der Waals surface area contributed by atoms with Crippen molar-refractivity contribution in [3.8, 4) is 5.69 Å². The standard InChI is InChI=1S/C21H22N6O4/c1-14(2)24-21(29)25-17-6-3-15(4-7-17)12-23-20(28)16-5-8-18(19(11-16)27(30)31)26-10-9-22-13-26/h3-11,13-14H,12H2,1-2H3,(H,23,28)(H2,24,25,29). The van der Waals surface area contributed by atoms with Crippen LogP contribution in [0.15, 0.2) is 61.2 Å². The van der Waals surface area contributed by atoms with E-state index in [1.165, 1.54) is 35.3 Å². The van der Waals surface area contributed by atoms with Gasteiger partial charge in [-0.25, -0.2) is 9.78 Å². The molecular formula is C21H22N6O4.